The summed E-state index contributed by atoms with van der Waals surface area (Å²) in [4.78, 5) is 14.0. The first-order valence-electron chi connectivity index (χ1n) is 6.32. The molecule has 1 aromatic rings. The van der Waals surface area contributed by atoms with Crippen molar-refractivity contribution in [3.8, 4) is 0 Å². The SMILES string of the molecule is NC[C@@H](CC(=O)N1CCCCC1)c1ccco1. The van der Waals surface area contributed by atoms with Gasteiger partial charge in [-0.15, -0.1) is 0 Å². The predicted molar refractivity (Wildman–Crippen MR) is 65.6 cm³/mol. The fourth-order valence-corrected chi connectivity index (χ4v) is 2.31. The Morgan fingerprint density at radius 1 is 1.41 bits per heavy atom. The molecule has 0 radical (unpaired) electrons. The van der Waals surface area contributed by atoms with E-state index in [9.17, 15) is 4.79 Å². The van der Waals surface area contributed by atoms with Crippen molar-refractivity contribution in [2.75, 3.05) is 19.6 Å². The van der Waals surface area contributed by atoms with E-state index in [2.05, 4.69) is 0 Å². The molecule has 0 spiro atoms. The summed E-state index contributed by atoms with van der Waals surface area (Å²) < 4.78 is 5.32. The van der Waals surface area contributed by atoms with Gasteiger partial charge in [-0.25, -0.2) is 0 Å². The smallest absolute Gasteiger partial charge is 0.223 e. The third-order valence-corrected chi connectivity index (χ3v) is 3.36. The largest absolute Gasteiger partial charge is 0.469 e. The van der Waals surface area contributed by atoms with Crippen molar-refractivity contribution in [2.45, 2.75) is 31.6 Å². The number of rotatable bonds is 4. The minimum absolute atomic E-state index is 0.0134. The van der Waals surface area contributed by atoms with Gasteiger partial charge >= 0.3 is 0 Å². The lowest BCUT2D eigenvalue weighted by Crippen LogP contribution is -2.37. The van der Waals surface area contributed by atoms with E-state index in [0.717, 1.165) is 31.7 Å². The first-order chi connectivity index (χ1) is 8.31. The Hall–Kier alpha value is -1.29. The fourth-order valence-electron chi connectivity index (χ4n) is 2.31. The van der Waals surface area contributed by atoms with E-state index in [0.29, 0.717) is 13.0 Å². The summed E-state index contributed by atoms with van der Waals surface area (Å²) in [5, 5.41) is 0. The maximum atomic E-state index is 12.1. The monoisotopic (exact) mass is 236 g/mol. The molecule has 2 heterocycles. The lowest BCUT2D eigenvalue weighted by Gasteiger charge is -2.27. The Labute approximate surface area is 102 Å². The standard InChI is InChI=1S/C13H20N2O2/c14-10-11(12-5-4-8-17-12)9-13(16)15-6-2-1-3-7-15/h4-5,8,11H,1-3,6-7,9-10,14H2/t11-/m1/s1. The zero-order valence-corrected chi connectivity index (χ0v) is 10.1. The van der Waals surface area contributed by atoms with Gasteiger partial charge in [0.1, 0.15) is 5.76 Å². The molecule has 0 unspecified atom stereocenters. The van der Waals surface area contributed by atoms with Crippen LogP contribution in [-0.4, -0.2) is 30.4 Å². The maximum absolute atomic E-state index is 12.1. The van der Waals surface area contributed by atoms with E-state index < -0.39 is 0 Å². The number of carbonyl (C=O) groups is 1. The molecule has 4 heteroatoms. The van der Waals surface area contributed by atoms with Crippen molar-refractivity contribution in [2.24, 2.45) is 5.73 Å². The fraction of sp³-hybridized carbons (Fsp3) is 0.615. The molecule has 1 fully saturated rings. The highest BCUT2D eigenvalue weighted by Gasteiger charge is 2.22. The van der Waals surface area contributed by atoms with E-state index in [4.69, 9.17) is 10.2 Å². The first kappa shape index (κ1) is 12.2. The van der Waals surface area contributed by atoms with Crippen LogP contribution in [0.2, 0.25) is 0 Å². The van der Waals surface area contributed by atoms with Gasteiger partial charge in [-0.2, -0.15) is 0 Å². The van der Waals surface area contributed by atoms with Gasteiger partial charge in [-0.3, -0.25) is 4.79 Å². The third kappa shape index (κ3) is 3.09. The first-order valence-corrected chi connectivity index (χ1v) is 6.32. The quantitative estimate of drug-likeness (QED) is 0.866. The number of piperidine rings is 1. The van der Waals surface area contributed by atoms with E-state index in [1.807, 2.05) is 17.0 Å². The summed E-state index contributed by atoms with van der Waals surface area (Å²) >= 11 is 0. The molecule has 0 bridgehead atoms. The van der Waals surface area contributed by atoms with Crippen LogP contribution in [-0.2, 0) is 4.79 Å². The molecule has 0 aliphatic carbocycles. The summed E-state index contributed by atoms with van der Waals surface area (Å²) in [6.45, 7) is 2.25. The summed E-state index contributed by atoms with van der Waals surface area (Å²) in [6, 6.07) is 3.73. The predicted octanol–water partition coefficient (Wildman–Crippen LogP) is 1.72. The summed E-state index contributed by atoms with van der Waals surface area (Å²) in [7, 11) is 0. The zero-order valence-electron chi connectivity index (χ0n) is 10.1. The molecule has 1 saturated heterocycles. The Bertz CT molecular complexity index is 342. The van der Waals surface area contributed by atoms with Gasteiger partial charge in [0.25, 0.3) is 0 Å². The van der Waals surface area contributed by atoms with Crippen LogP contribution in [0.5, 0.6) is 0 Å². The van der Waals surface area contributed by atoms with E-state index in [-0.39, 0.29) is 11.8 Å². The Morgan fingerprint density at radius 2 is 2.18 bits per heavy atom. The van der Waals surface area contributed by atoms with Gasteiger partial charge in [-0.05, 0) is 31.4 Å². The maximum Gasteiger partial charge on any atom is 0.223 e. The summed E-state index contributed by atoms with van der Waals surface area (Å²) in [6.07, 6.45) is 5.58. The minimum Gasteiger partial charge on any atom is -0.469 e. The molecule has 1 amide bonds. The van der Waals surface area contributed by atoms with Gasteiger partial charge in [0.2, 0.25) is 5.91 Å². The van der Waals surface area contributed by atoms with Crippen molar-refractivity contribution >= 4 is 5.91 Å². The molecule has 2 rings (SSSR count). The zero-order chi connectivity index (χ0) is 12.1. The number of hydrogen-bond donors (Lipinski definition) is 1. The molecule has 94 valence electrons. The van der Waals surface area contributed by atoms with Crippen molar-refractivity contribution in [3.63, 3.8) is 0 Å². The highest BCUT2D eigenvalue weighted by atomic mass is 16.3. The highest BCUT2D eigenvalue weighted by molar-refractivity contribution is 5.77. The summed E-state index contributed by atoms with van der Waals surface area (Å²) in [5.41, 5.74) is 5.71. The third-order valence-electron chi connectivity index (χ3n) is 3.36. The highest BCUT2D eigenvalue weighted by Crippen LogP contribution is 2.21. The van der Waals surface area contributed by atoms with Crippen molar-refractivity contribution in [3.05, 3.63) is 24.2 Å². The number of nitrogens with two attached hydrogens (primary N) is 1. The Morgan fingerprint density at radius 3 is 2.76 bits per heavy atom. The van der Waals surface area contributed by atoms with Crippen LogP contribution in [0.3, 0.4) is 0 Å². The molecule has 1 aromatic heterocycles. The average molecular weight is 236 g/mol. The number of amides is 1. The molecule has 0 aromatic carbocycles. The number of likely N-dealkylation sites (tertiary alicyclic amines) is 1. The van der Waals surface area contributed by atoms with Crippen LogP contribution in [0.15, 0.2) is 22.8 Å². The second kappa shape index (κ2) is 5.87. The molecule has 1 aliphatic rings. The van der Waals surface area contributed by atoms with Crippen molar-refractivity contribution in [1.29, 1.82) is 0 Å². The Balaban J connectivity index is 1.92. The van der Waals surface area contributed by atoms with Crippen molar-refractivity contribution in [1.82, 2.24) is 4.90 Å². The van der Waals surface area contributed by atoms with Gasteiger partial charge in [0.05, 0.1) is 6.26 Å². The molecule has 4 nitrogen and oxygen atoms in total. The molecular formula is C13H20N2O2. The minimum atomic E-state index is 0.0134. The molecule has 2 N–H and O–H groups in total. The Kier molecular flexibility index (Phi) is 4.20. The van der Waals surface area contributed by atoms with Crippen LogP contribution >= 0.6 is 0 Å². The lowest BCUT2D eigenvalue weighted by atomic mass is 10.0. The van der Waals surface area contributed by atoms with Crippen LogP contribution in [0.4, 0.5) is 0 Å². The number of nitrogens with zero attached hydrogens (tertiary/aromatic N) is 1. The number of carbonyl (C=O) groups excluding carboxylic acids is 1. The number of furan rings is 1. The molecule has 0 saturated carbocycles. The summed E-state index contributed by atoms with van der Waals surface area (Å²) in [5.74, 6) is 1.04. The van der Waals surface area contributed by atoms with Gasteiger partial charge in [-0.1, -0.05) is 0 Å². The van der Waals surface area contributed by atoms with Crippen LogP contribution < -0.4 is 5.73 Å². The second-order valence-electron chi connectivity index (χ2n) is 4.59. The van der Waals surface area contributed by atoms with Gasteiger partial charge in [0, 0.05) is 32.0 Å². The van der Waals surface area contributed by atoms with E-state index in [1.54, 1.807) is 6.26 Å². The van der Waals surface area contributed by atoms with Crippen LogP contribution in [0, 0.1) is 0 Å². The van der Waals surface area contributed by atoms with Crippen LogP contribution in [0.1, 0.15) is 37.4 Å². The molecule has 1 atom stereocenters. The normalized spacial score (nSPS) is 18.1. The van der Waals surface area contributed by atoms with Crippen LogP contribution in [0.25, 0.3) is 0 Å². The molecule has 1 aliphatic heterocycles. The van der Waals surface area contributed by atoms with E-state index in [1.165, 1.54) is 6.42 Å². The second-order valence-corrected chi connectivity index (χ2v) is 4.59. The molecular weight excluding hydrogens is 216 g/mol. The van der Waals surface area contributed by atoms with E-state index >= 15 is 0 Å². The van der Waals surface area contributed by atoms with Crippen molar-refractivity contribution < 1.29 is 9.21 Å². The van der Waals surface area contributed by atoms with Gasteiger partial charge < -0.3 is 15.1 Å². The van der Waals surface area contributed by atoms with Gasteiger partial charge in [0.15, 0.2) is 0 Å². The number of hydrogen-bond acceptors (Lipinski definition) is 3. The topological polar surface area (TPSA) is 59.5 Å². The molecule has 17 heavy (non-hydrogen) atoms. The average Bonchev–Trinajstić information content (AvgIpc) is 2.90. The lowest BCUT2D eigenvalue weighted by molar-refractivity contribution is -0.132.